The van der Waals surface area contributed by atoms with Crippen molar-refractivity contribution < 1.29 is 4.79 Å². The van der Waals surface area contributed by atoms with Crippen LogP contribution < -0.4 is 5.32 Å². The minimum absolute atomic E-state index is 0.125. The standard InChI is InChI=1S/C8H13N5O/c14-8(5-7-6-10-12-11-7)13-3-1-9-2-4-13/h6,9H,1-5H2,(H,10,11,12). The number of carbonyl (C=O) groups is 1. The summed E-state index contributed by atoms with van der Waals surface area (Å²) in [5.41, 5.74) is 0.702. The molecule has 0 aromatic carbocycles. The molecule has 6 heteroatoms. The Morgan fingerprint density at radius 3 is 2.93 bits per heavy atom. The summed E-state index contributed by atoms with van der Waals surface area (Å²) in [7, 11) is 0. The number of piperazine rings is 1. The van der Waals surface area contributed by atoms with Gasteiger partial charge in [0.1, 0.15) is 0 Å². The van der Waals surface area contributed by atoms with Crippen LogP contribution in [0, 0.1) is 0 Å². The van der Waals surface area contributed by atoms with Gasteiger partial charge in [-0.2, -0.15) is 15.4 Å². The van der Waals surface area contributed by atoms with Gasteiger partial charge in [0.2, 0.25) is 5.91 Å². The van der Waals surface area contributed by atoms with E-state index in [4.69, 9.17) is 0 Å². The van der Waals surface area contributed by atoms with Crippen molar-refractivity contribution in [3.8, 4) is 0 Å². The lowest BCUT2D eigenvalue weighted by Crippen LogP contribution is -2.46. The van der Waals surface area contributed by atoms with E-state index in [0.29, 0.717) is 12.1 Å². The fourth-order valence-corrected chi connectivity index (χ4v) is 1.49. The Balaban J connectivity index is 1.88. The number of hydrogen-bond donors (Lipinski definition) is 2. The van der Waals surface area contributed by atoms with E-state index < -0.39 is 0 Å². The second kappa shape index (κ2) is 4.19. The van der Waals surface area contributed by atoms with Crippen LogP contribution in [-0.2, 0) is 11.2 Å². The maximum atomic E-state index is 11.7. The van der Waals surface area contributed by atoms with E-state index in [-0.39, 0.29) is 5.91 Å². The molecule has 0 bridgehead atoms. The Hall–Kier alpha value is -1.43. The average Bonchev–Trinajstić information content (AvgIpc) is 2.72. The van der Waals surface area contributed by atoms with Crippen molar-refractivity contribution in [1.29, 1.82) is 0 Å². The van der Waals surface area contributed by atoms with Crippen LogP contribution >= 0.6 is 0 Å². The van der Waals surface area contributed by atoms with Crippen LogP contribution in [0.4, 0.5) is 0 Å². The van der Waals surface area contributed by atoms with Crippen molar-refractivity contribution in [2.75, 3.05) is 26.2 Å². The molecule has 0 radical (unpaired) electrons. The fraction of sp³-hybridized carbons (Fsp3) is 0.625. The number of nitrogens with zero attached hydrogens (tertiary/aromatic N) is 3. The molecule has 0 atom stereocenters. The number of aromatic amines is 1. The zero-order chi connectivity index (χ0) is 9.80. The minimum Gasteiger partial charge on any atom is -0.340 e. The lowest BCUT2D eigenvalue weighted by atomic mass is 10.2. The van der Waals surface area contributed by atoms with E-state index in [1.807, 2.05) is 4.90 Å². The Bertz CT molecular complexity index is 291. The zero-order valence-corrected chi connectivity index (χ0v) is 7.86. The predicted molar refractivity (Wildman–Crippen MR) is 49.5 cm³/mol. The topological polar surface area (TPSA) is 73.9 Å². The highest BCUT2D eigenvalue weighted by Gasteiger charge is 2.16. The highest BCUT2D eigenvalue weighted by atomic mass is 16.2. The SMILES string of the molecule is O=C(Cc1cn[nH]n1)N1CCNCC1. The highest BCUT2D eigenvalue weighted by molar-refractivity contribution is 5.78. The molecule has 76 valence electrons. The van der Waals surface area contributed by atoms with Gasteiger partial charge in [0.25, 0.3) is 0 Å². The normalized spacial score (nSPS) is 17.0. The monoisotopic (exact) mass is 195 g/mol. The number of nitrogens with one attached hydrogen (secondary N) is 2. The number of aromatic nitrogens is 3. The van der Waals surface area contributed by atoms with E-state index in [1.54, 1.807) is 6.20 Å². The van der Waals surface area contributed by atoms with Crippen molar-refractivity contribution in [1.82, 2.24) is 25.6 Å². The maximum absolute atomic E-state index is 11.7. The predicted octanol–water partition coefficient (Wildman–Crippen LogP) is -1.22. The first kappa shape index (κ1) is 9.14. The lowest BCUT2D eigenvalue weighted by molar-refractivity contribution is -0.131. The van der Waals surface area contributed by atoms with Gasteiger partial charge in [-0.1, -0.05) is 0 Å². The van der Waals surface area contributed by atoms with Crippen molar-refractivity contribution in [3.63, 3.8) is 0 Å². The molecule has 2 heterocycles. The summed E-state index contributed by atoms with van der Waals surface area (Å²) >= 11 is 0. The summed E-state index contributed by atoms with van der Waals surface area (Å²) in [5.74, 6) is 0.125. The van der Waals surface area contributed by atoms with E-state index in [1.165, 1.54) is 0 Å². The Labute approximate surface area is 81.7 Å². The number of hydrogen-bond acceptors (Lipinski definition) is 4. The number of H-pyrrole nitrogens is 1. The summed E-state index contributed by atoms with van der Waals surface area (Å²) < 4.78 is 0. The van der Waals surface area contributed by atoms with Gasteiger partial charge in [0.05, 0.1) is 18.3 Å². The second-order valence-corrected chi connectivity index (χ2v) is 3.27. The maximum Gasteiger partial charge on any atom is 0.228 e. The number of amides is 1. The van der Waals surface area contributed by atoms with Crippen LogP contribution in [0.3, 0.4) is 0 Å². The summed E-state index contributed by atoms with van der Waals surface area (Å²) in [6, 6.07) is 0. The quantitative estimate of drug-likeness (QED) is 0.620. The molecule has 1 amide bonds. The van der Waals surface area contributed by atoms with Crippen molar-refractivity contribution in [2.24, 2.45) is 0 Å². The van der Waals surface area contributed by atoms with Crippen LogP contribution in [0.15, 0.2) is 6.20 Å². The molecule has 1 fully saturated rings. The molecule has 0 saturated carbocycles. The van der Waals surface area contributed by atoms with Crippen LogP contribution in [0.5, 0.6) is 0 Å². The molecule has 0 unspecified atom stereocenters. The second-order valence-electron chi connectivity index (χ2n) is 3.27. The van der Waals surface area contributed by atoms with Gasteiger partial charge in [-0.05, 0) is 0 Å². The summed E-state index contributed by atoms with van der Waals surface area (Å²) in [4.78, 5) is 13.5. The largest absolute Gasteiger partial charge is 0.340 e. The zero-order valence-electron chi connectivity index (χ0n) is 7.86. The molecule has 1 aliphatic heterocycles. The van der Waals surface area contributed by atoms with Crippen molar-refractivity contribution in [2.45, 2.75) is 6.42 Å². The van der Waals surface area contributed by atoms with Crippen LogP contribution in [0.25, 0.3) is 0 Å². The lowest BCUT2D eigenvalue weighted by Gasteiger charge is -2.27. The third-order valence-electron chi connectivity index (χ3n) is 2.27. The molecule has 0 aliphatic carbocycles. The van der Waals surface area contributed by atoms with Crippen molar-refractivity contribution in [3.05, 3.63) is 11.9 Å². The van der Waals surface area contributed by atoms with Gasteiger partial charge in [0, 0.05) is 26.2 Å². The summed E-state index contributed by atoms with van der Waals surface area (Å²) in [6.07, 6.45) is 1.93. The number of carbonyl (C=O) groups excluding carboxylic acids is 1. The first-order valence-electron chi connectivity index (χ1n) is 4.69. The first-order chi connectivity index (χ1) is 6.86. The van der Waals surface area contributed by atoms with Gasteiger partial charge < -0.3 is 10.2 Å². The molecule has 1 aromatic heterocycles. The van der Waals surface area contributed by atoms with Gasteiger partial charge in [-0.25, -0.2) is 0 Å². The molecule has 2 rings (SSSR count). The van der Waals surface area contributed by atoms with Gasteiger partial charge in [-0.3, -0.25) is 4.79 Å². The van der Waals surface area contributed by atoms with Crippen molar-refractivity contribution >= 4 is 5.91 Å². The van der Waals surface area contributed by atoms with Crippen LogP contribution in [-0.4, -0.2) is 52.4 Å². The first-order valence-corrected chi connectivity index (χ1v) is 4.69. The molecule has 1 aliphatic rings. The summed E-state index contributed by atoms with van der Waals surface area (Å²) in [6.45, 7) is 3.34. The Morgan fingerprint density at radius 2 is 2.29 bits per heavy atom. The molecular weight excluding hydrogens is 182 g/mol. The van der Waals surface area contributed by atoms with Crippen LogP contribution in [0.2, 0.25) is 0 Å². The molecule has 6 nitrogen and oxygen atoms in total. The third kappa shape index (κ3) is 2.08. The van der Waals surface area contributed by atoms with Gasteiger partial charge >= 0.3 is 0 Å². The average molecular weight is 195 g/mol. The number of rotatable bonds is 2. The molecule has 1 aromatic rings. The van der Waals surface area contributed by atoms with E-state index in [2.05, 4.69) is 20.7 Å². The molecule has 1 saturated heterocycles. The van der Waals surface area contributed by atoms with E-state index in [9.17, 15) is 4.79 Å². The highest BCUT2D eigenvalue weighted by Crippen LogP contribution is 1.99. The van der Waals surface area contributed by atoms with Gasteiger partial charge in [-0.15, -0.1) is 0 Å². The van der Waals surface area contributed by atoms with E-state index in [0.717, 1.165) is 26.2 Å². The fourth-order valence-electron chi connectivity index (χ4n) is 1.49. The molecule has 0 spiro atoms. The molecule has 2 N–H and O–H groups in total. The van der Waals surface area contributed by atoms with Gasteiger partial charge in [0.15, 0.2) is 0 Å². The molecule has 14 heavy (non-hydrogen) atoms. The Kier molecular flexibility index (Phi) is 2.73. The van der Waals surface area contributed by atoms with E-state index >= 15 is 0 Å². The third-order valence-corrected chi connectivity index (χ3v) is 2.27. The summed E-state index contributed by atoms with van der Waals surface area (Å²) in [5, 5.41) is 13.2. The van der Waals surface area contributed by atoms with Crippen LogP contribution in [0.1, 0.15) is 5.69 Å². The molecular formula is C8H13N5O. The smallest absolute Gasteiger partial charge is 0.228 e. The Morgan fingerprint density at radius 1 is 1.50 bits per heavy atom. The minimum atomic E-state index is 0.125.